The summed E-state index contributed by atoms with van der Waals surface area (Å²) in [4.78, 5) is 11.7. The number of amides is 1. The Kier molecular flexibility index (Phi) is 4.81. The van der Waals surface area contributed by atoms with Crippen LogP contribution in [0.15, 0.2) is 36.9 Å². The van der Waals surface area contributed by atoms with Crippen LogP contribution in [0, 0.1) is 3.57 Å². The molecule has 15 heavy (non-hydrogen) atoms. The molecule has 0 radical (unpaired) electrons. The van der Waals surface area contributed by atoms with Crippen LogP contribution in [0.1, 0.15) is 23.7 Å². The zero-order valence-corrected chi connectivity index (χ0v) is 10.8. The lowest BCUT2D eigenvalue weighted by Crippen LogP contribution is -2.32. The molecule has 0 fully saturated rings. The number of benzene rings is 1. The fourth-order valence-corrected chi connectivity index (χ4v) is 1.79. The molecule has 0 heterocycles. The van der Waals surface area contributed by atoms with E-state index < -0.39 is 0 Å². The normalized spacial score (nSPS) is 11.9. The Morgan fingerprint density at radius 1 is 1.67 bits per heavy atom. The van der Waals surface area contributed by atoms with E-state index in [0.717, 1.165) is 9.99 Å². The van der Waals surface area contributed by atoms with Crippen LogP contribution in [0.4, 0.5) is 0 Å². The molecule has 80 valence electrons. The summed E-state index contributed by atoms with van der Waals surface area (Å²) < 4.78 is 1.07. The lowest BCUT2D eigenvalue weighted by molar-refractivity contribution is 0.0940. The van der Waals surface area contributed by atoms with Crippen molar-refractivity contribution in [2.24, 2.45) is 0 Å². The zero-order valence-electron chi connectivity index (χ0n) is 8.66. The van der Waals surface area contributed by atoms with Gasteiger partial charge in [-0.05, 0) is 54.1 Å². The standard InChI is InChI=1S/C12H14INO/c1-3-5-9(2)14-12(15)10-6-4-7-11(13)8-10/h3-4,6-9H,1,5H2,2H3,(H,14,15). The maximum absolute atomic E-state index is 11.7. The van der Waals surface area contributed by atoms with Gasteiger partial charge < -0.3 is 5.32 Å². The molecule has 0 saturated carbocycles. The van der Waals surface area contributed by atoms with E-state index in [4.69, 9.17) is 0 Å². The Bertz CT molecular complexity index is 362. The fourth-order valence-electron chi connectivity index (χ4n) is 1.25. The SMILES string of the molecule is C=CCC(C)NC(=O)c1cccc(I)c1. The number of carbonyl (C=O) groups is 1. The highest BCUT2D eigenvalue weighted by Gasteiger charge is 2.08. The lowest BCUT2D eigenvalue weighted by atomic mass is 10.2. The van der Waals surface area contributed by atoms with Crippen molar-refractivity contribution in [3.05, 3.63) is 46.1 Å². The molecular formula is C12H14INO. The van der Waals surface area contributed by atoms with Gasteiger partial charge in [-0.15, -0.1) is 6.58 Å². The predicted octanol–water partition coefficient (Wildman–Crippen LogP) is 2.99. The Morgan fingerprint density at radius 3 is 3.00 bits per heavy atom. The van der Waals surface area contributed by atoms with E-state index >= 15 is 0 Å². The van der Waals surface area contributed by atoms with E-state index in [-0.39, 0.29) is 11.9 Å². The van der Waals surface area contributed by atoms with Gasteiger partial charge >= 0.3 is 0 Å². The first-order valence-corrected chi connectivity index (χ1v) is 5.88. The van der Waals surface area contributed by atoms with Crippen molar-refractivity contribution < 1.29 is 4.79 Å². The second-order valence-corrected chi connectivity index (χ2v) is 4.65. The first kappa shape index (κ1) is 12.2. The minimum Gasteiger partial charge on any atom is -0.349 e. The van der Waals surface area contributed by atoms with Crippen LogP contribution >= 0.6 is 22.6 Å². The molecule has 1 N–H and O–H groups in total. The van der Waals surface area contributed by atoms with Crippen LogP contribution in [0.25, 0.3) is 0 Å². The van der Waals surface area contributed by atoms with E-state index in [0.29, 0.717) is 5.56 Å². The zero-order chi connectivity index (χ0) is 11.3. The van der Waals surface area contributed by atoms with Crippen LogP contribution in [0.5, 0.6) is 0 Å². The maximum Gasteiger partial charge on any atom is 0.251 e. The second-order valence-electron chi connectivity index (χ2n) is 3.41. The van der Waals surface area contributed by atoms with Gasteiger partial charge in [-0.2, -0.15) is 0 Å². The van der Waals surface area contributed by atoms with E-state index in [9.17, 15) is 4.79 Å². The summed E-state index contributed by atoms with van der Waals surface area (Å²) in [6.45, 7) is 5.61. The highest BCUT2D eigenvalue weighted by atomic mass is 127. The first-order valence-electron chi connectivity index (χ1n) is 4.81. The van der Waals surface area contributed by atoms with Crippen molar-refractivity contribution in [2.45, 2.75) is 19.4 Å². The molecule has 2 nitrogen and oxygen atoms in total. The first-order chi connectivity index (χ1) is 7.13. The summed E-state index contributed by atoms with van der Waals surface area (Å²) in [5.74, 6) is -0.0251. The van der Waals surface area contributed by atoms with Crippen molar-refractivity contribution in [1.29, 1.82) is 0 Å². The molecular weight excluding hydrogens is 301 g/mol. The topological polar surface area (TPSA) is 29.1 Å². The Hall–Kier alpha value is -0.840. The average molecular weight is 315 g/mol. The van der Waals surface area contributed by atoms with E-state index in [1.165, 1.54) is 0 Å². The van der Waals surface area contributed by atoms with Gasteiger partial charge in [0.05, 0.1) is 0 Å². The van der Waals surface area contributed by atoms with Crippen molar-refractivity contribution in [3.8, 4) is 0 Å². The molecule has 1 aromatic rings. The van der Waals surface area contributed by atoms with Gasteiger partial charge in [-0.25, -0.2) is 0 Å². The second kappa shape index (κ2) is 5.90. The number of hydrogen-bond acceptors (Lipinski definition) is 1. The largest absolute Gasteiger partial charge is 0.349 e. The number of nitrogens with one attached hydrogen (secondary N) is 1. The smallest absolute Gasteiger partial charge is 0.251 e. The lowest BCUT2D eigenvalue weighted by Gasteiger charge is -2.11. The molecule has 1 unspecified atom stereocenters. The summed E-state index contributed by atoms with van der Waals surface area (Å²) in [5.41, 5.74) is 0.706. The third kappa shape index (κ3) is 4.03. The predicted molar refractivity (Wildman–Crippen MR) is 70.9 cm³/mol. The third-order valence-electron chi connectivity index (χ3n) is 1.98. The average Bonchev–Trinajstić information content (AvgIpc) is 2.18. The van der Waals surface area contributed by atoms with Crippen LogP contribution < -0.4 is 5.32 Å². The van der Waals surface area contributed by atoms with Gasteiger partial charge in [0.2, 0.25) is 0 Å². The van der Waals surface area contributed by atoms with E-state index in [1.54, 1.807) is 6.08 Å². The van der Waals surface area contributed by atoms with Crippen molar-refractivity contribution in [3.63, 3.8) is 0 Å². The molecule has 0 spiro atoms. The molecule has 0 aliphatic rings. The highest BCUT2D eigenvalue weighted by Crippen LogP contribution is 2.08. The molecule has 1 aromatic carbocycles. The molecule has 0 saturated heterocycles. The minimum atomic E-state index is -0.0251. The maximum atomic E-state index is 11.7. The van der Waals surface area contributed by atoms with Gasteiger partial charge in [0.25, 0.3) is 5.91 Å². The van der Waals surface area contributed by atoms with Crippen LogP contribution in [0.2, 0.25) is 0 Å². The van der Waals surface area contributed by atoms with E-state index in [2.05, 4.69) is 34.5 Å². The van der Waals surface area contributed by atoms with Crippen molar-refractivity contribution in [2.75, 3.05) is 0 Å². The Morgan fingerprint density at radius 2 is 2.40 bits per heavy atom. The molecule has 0 aliphatic heterocycles. The highest BCUT2D eigenvalue weighted by molar-refractivity contribution is 14.1. The minimum absolute atomic E-state index is 0.0251. The third-order valence-corrected chi connectivity index (χ3v) is 2.66. The summed E-state index contributed by atoms with van der Waals surface area (Å²) >= 11 is 2.19. The summed E-state index contributed by atoms with van der Waals surface area (Å²) in [7, 11) is 0. The molecule has 1 amide bonds. The Labute approximate surface area is 104 Å². The van der Waals surface area contributed by atoms with Crippen molar-refractivity contribution in [1.82, 2.24) is 5.32 Å². The summed E-state index contributed by atoms with van der Waals surface area (Å²) in [6.07, 6.45) is 2.59. The van der Waals surface area contributed by atoms with Gasteiger partial charge in [0.15, 0.2) is 0 Å². The van der Waals surface area contributed by atoms with Crippen molar-refractivity contribution >= 4 is 28.5 Å². The molecule has 3 heteroatoms. The van der Waals surface area contributed by atoms with Gasteiger partial charge in [-0.1, -0.05) is 12.1 Å². The quantitative estimate of drug-likeness (QED) is 0.672. The van der Waals surface area contributed by atoms with Gasteiger partial charge in [0, 0.05) is 15.2 Å². The number of halogens is 1. The molecule has 0 aromatic heterocycles. The molecule has 1 rings (SSSR count). The Balaban J connectivity index is 2.65. The van der Waals surface area contributed by atoms with Gasteiger partial charge in [-0.3, -0.25) is 4.79 Å². The summed E-state index contributed by atoms with van der Waals surface area (Å²) in [5, 5.41) is 2.91. The van der Waals surface area contributed by atoms with Gasteiger partial charge in [0.1, 0.15) is 0 Å². The number of carbonyl (C=O) groups excluding carboxylic acids is 1. The molecule has 0 aliphatic carbocycles. The fraction of sp³-hybridized carbons (Fsp3) is 0.250. The van der Waals surface area contributed by atoms with Crippen LogP contribution in [-0.2, 0) is 0 Å². The van der Waals surface area contributed by atoms with Crippen LogP contribution in [0.3, 0.4) is 0 Å². The van der Waals surface area contributed by atoms with E-state index in [1.807, 2.05) is 31.2 Å². The molecule has 1 atom stereocenters. The monoisotopic (exact) mass is 315 g/mol. The number of rotatable bonds is 4. The summed E-state index contributed by atoms with van der Waals surface area (Å²) in [6, 6.07) is 7.67. The number of hydrogen-bond donors (Lipinski definition) is 1. The van der Waals surface area contributed by atoms with Crippen LogP contribution in [-0.4, -0.2) is 11.9 Å². The molecule has 0 bridgehead atoms.